The van der Waals surface area contributed by atoms with Crippen molar-refractivity contribution in [2.24, 2.45) is 0 Å². The highest BCUT2D eigenvalue weighted by atomic mass is 32.1. The van der Waals surface area contributed by atoms with Gasteiger partial charge in [0.2, 0.25) is 5.69 Å². The molecule has 0 unspecified atom stereocenters. The van der Waals surface area contributed by atoms with Crippen LogP contribution in [0.4, 0.5) is 0 Å². The van der Waals surface area contributed by atoms with E-state index < -0.39 is 0 Å². The quantitative estimate of drug-likeness (QED) is 0.485. The van der Waals surface area contributed by atoms with Gasteiger partial charge < -0.3 is 0 Å². The first-order valence-electron chi connectivity index (χ1n) is 2.11. The van der Waals surface area contributed by atoms with Gasteiger partial charge in [0.1, 0.15) is 0 Å². The Morgan fingerprint density at radius 2 is 2.29 bits per heavy atom. The van der Waals surface area contributed by atoms with Crippen LogP contribution in [0.1, 0.15) is 11.4 Å². The Morgan fingerprint density at radius 1 is 1.57 bits per heavy atom. The van der Waals surface area contributed by atoms with E-state index in [9.17, 15) is 0 Å². The fraction of sp³-hybridized carbons (Fsp3) is 0.500. The van der Waals surface area contributed by atoms with Gasteiger partial charge in [0, 0.05) is 18.2 Å². The number of hydrogen-bond acceptors (Lipinski definition) is 2. The summed E-state index contributed by atoms with van der Waals surface area (Å²) in [6.45, 7) is 4.00. The van der Waals surface area contributed by atoms with Crippen molar-refractivity contribution in [2.45, 2.75) is 13.8 Å². The molecule has 1 rings (SSSR count). The van der Waals surface area contributed by atoms with Crippen LogP contribution in [0.25, 0.3) is 0 Å². The SMILES string of the molecule is Cc1ns[nH+]c1C. The van der Waals surface area contributed by atoms with Crippen molar-refractivity contribution in [3.8, 4) is 0 Å². The predicted octanol–water partition coefficient (Wildman–Crippen LogP) is 0.574. The summed E-state index contributed by atoms with van der Waals surface area (Å²) in [6.07, 6.45) is 0. The maximum atomic E-state index is 4.00. The molecule has 0 spiro atoms. The van der Waals surface area contributed by atoms with Gasteiger partial charge >= 0.3 is 0 Å². The average molecular weight is 115 g/mol. The van der Waals surface area contributed by atoms with Crippen molar-refractivity contribution in [3.63, 3.8) is 0 Å². The lowest BCUT2D eigenvalue weighted by Gasteiger charge is -1.66. The Kier molecular flexibility index (Phi) is 1.06. The van der Waals surface area contributed by atoms with Crippen molar-refractivity contribution in [3.05, 3.63) is 11.4 Å². The molecule has 3 heteroatoms. The highest BCUT2D eigenvalue weighted by Crippen LogP contribution is 1.93. The smallest absolute Gasteiger partial charge is 0.187 e. The molecule has 0 atom stereocenters. The molecule has 1 aromatic rings. The third-order valence-corrected chi connectivity index (χ3v) is 1.69. The van der Waals surface area contributed by atoms with Crippen LogP contribution < -0.4 is 4.37 Å². The second-order valence-corrected chi connectivity index (χ2v) is 2.06. The second kappa shape index (κ2) is 1.58. The molecule has 0 saturated heterocycles. The number of aromatic nitrogens is 2. The molecule has 0 aliphatic heterocycles. The van der Waals surface area contributed by atoms with Crippen molar-refractivity contribution in [1.82, 2.24) is 4.37 Å². The molecule has 0 fully saturated rings. The molecule has 0 bridgehead atoms. The maximum Gasteiger partial charge on any atom is 0.274 e. The molecule has 2 nitrogen and oxygen atoms in total. The Morgan fingerprint density at radius 3 is 2.43 bits per heavy atom. The van der Waals surface area contributed by atoms with Gasteiger partial charge in [-0.1, -0.05) is 0 Å². The van der Waals surface area contributed by atoms with Gasteiger partial charge in [-0.3, -0.25) is 0 Å². The van der Waals surface area contributed by atoms with E-state index in [1.54, 1.807) is 0 Å². The largest absolute Gasteiger partial charge is 0.274 e. The minimum atomic E-state index is 1.10. The fourth-order valence-electron chi connectivity index (χ4n) is 0.302. The number of H-pyrrole nitrogens is 1. The standard InChI is InChI=1S/C4H6N2S/c1-3-4(2)6-7-5-3/h1-2H3/p+1. The van der Waals surface area contributed by atoms with Crippen LogP contribution in [0.3, 0.4) is 0 Å². The van der Waals surface area contributed by atoms with E-state index in [1.165, 1.54) is 17.4 Å². The predicted molar refractivity (Wildman–Crippen MR) is 28.1 cm³/mol. The molecular formula is C4H7N2S+. The number of aromatic amines is 1. The van der Waals surface area contributed by atoms with E-state index in [4.69, 9.17) is 0 Å². The summed E-state index contributed by atoms with van der Waals surface area (Å²) in [4.78, 5) is 0. The number of nitrogens with zero attached hydrogens (tertiary/aromatic N) is 1. The second-order valence-electron chi connectivity index (χ2n) is 1.50. The molecule has 1 heterocycles. The summed E-state index contributed by atoms with van der Waals surface area (Å²) in [7, 11) is 0. The molecular weight excluding hydrogens is 108 g/mol. The lowest BCUT2D eigenvalue weighted by molar-refractivity contribution is -0.301. The first-order chi connectivity index (χ1) is 3.30. The monoisotopic (exact) mass is 115 g/mol. The van der Waals surface area contributed by atoms with E-state index in [0.29, 0.717) is 0 Å². The van der Waals surface area contributed by atoms with Gasteiger partial charge in [0.05, 0.1) is 0 Å². The average Bonchev–Trinajstić information content (AvgIpc) is 1.91. The van der Waals surface area contributed by atoms with Crippen LogP contribution in [-0.4, -0.2) is 4.37 Å². The third kappa shape index (κ3) is 0.771. The molecule has 1 aromatic heterocycles. The normalized spacial score (nSPS) is 9.43. The first kappa shape index (κ1) is 4.71. The molecule has 0 radical (unpaired) electrons. The molecule has 38 valence electrons. The Balaban J connectivity index is 3.12. The van der Waals surface area contributed by atoms with Gasteiger partial charge in [0.25, 0.3) is 11.7 Å². The van der Waals surface area contributed by atoms with Crippen LogP contribution in [0.2, 0.25) is 0 Å². The van der Waals surface area contributed by atoms with Crippen molar-refractivity contribution < 1.29 is 4.37 Å². The minimum absolute atomic E-state index is 1.10. The highest BCUT2D eigenvalue weighted by Gasteiger charge is 2.01. The zero-order chi connectivity index (χ0) is 5.28. The van der Waals surface area contributed by atoms with Gasteiger partial charge in [-0.2, -0.15) is 4.37 Å². The van der Waals surface area contributed by atoms with Crippen LogP contribution in [0, 0.1) is 13.8 Å². The molecule has 0 saturated carbocycles. The minimum Gasteiger partial charge on any atom is -0.187 e. The summed E-state index contributed by atoms with van der Waals surface area (Å²) in [5.74, 6) is 0. The fourth-order valence-corrected chi connectivity index (χ4v) is 0.906. The van der Waals surface area contributed by atoms with E-state index in [1.807, 2.05) is 13.8 Å². The topological polar surface area (TPSA) is 27.0 Å². The van der Waals surface area contributed by atoms with Crippen molar-refractivity contribution >= 4 is 11.7 Å². The summed E-state index contributed by atoms with van der Waals surface area (Å²) in [5, 5.41) is 0. The molecule has 0 aromatic carbocycles. The Hall–Kier alpha value is -0.440. The number of nitrogens with one attached hydrogen (secondary N) is 1. The van der Waals surface area contributed by atoms with Gasteiger partial charge in [0.15, 0.2) is 5.69 Å². The summed E-state index contributed by atoms with van der Waals surface area (Å²) < 4.78 is 7.00. The molecule has 7 heavy (non-hydrogen) atoms. The van der Waals surface area contributed by atoms with Crippen LogP contribution in [0.5, 0.6) is 0 Å². The van der Waals surface area contributed by atoms with Crippen molar-refractivity contribution in [1.29, 1.82) is 0 Å². The van der Waals surface area contributed by atoms with Crippen LogP contribution >= 0.6 is 11.7 Å². The van der Waals surface area contributed by atoms with Gasteiger partial charge in [-0.15, -0.1) is 0 Å². The van der Waals surface area contributed by atoms with E-state index in [0.717, 1.165) is 5.69 Å². The molecule has 0 aliphatic carbocycles. The summed E-state index contributed by atoms with van der Waals surface area (Å²) in [5.41, 5.74) is 2.27. The lowest BCUT2D eigenvalue weighted by atomic mass is 10.4. The van der Waals surface area contributed by atoms with E-state index >= 15 is 0 Å². The number of hydrogen-bond donors (Lipinski definition) is 0. The third-order valence-electron chi connectivity index (χ3n) is 0.924. The van der Waals surface area contributed by atoms with E-state index in [2.05, 4.69) is 8.75 Å². The van der Waals surface area contributed by atoms with Crippen LogP contribution in [-0.2, 0) is 0 Å². The number of aryl methyl sites for hydroxylation is 2. The van der Waals surface area contributed by atoms with E-state index in [-0.39, 0.29) is 0 Å². The lowest BCUT2D eigenvalue weighted by Crippen LogP contribution is -1.95. The number of rotatable bonds is 0. The Labute approximate surface area is 46.5 Å². The maximum absolute atomic E-state index is 4.00. The van der Waals surface area contributed by atoms with Crippen molar-refractivity contribution in [2.75, 3.05) is 0 Å². The van der Waals surface area contributed by atoms with Crippen LogP contribution in [0.15, 0.2) is 0 Å². The molecule has 1 N–H and O–H groups in total. The Bertz CT molecular complexity index is 142. The van der Waals surface area contributed by atoms with Gasteiger partial charge in [-0.25, -0.2) is 0 Å². The first-order valence-corrected chi connectivity index (χ1v) is 2.88. The molecule has 0 aliphatic rings. The van der Waals surface area contributed by atoms with Gasteiger partial charge in [-0.05, 0) is 0 Å². The zero-order valence-electron chi connectivity index (χ0n) is 4.36. The summed E-state index contributed by atoms with van der Waals surface area (Å²) >= 11 is 1.39. The molecule has 0 amide bonds. The zero-order valence-corrected chi connectivity index (χ0v) is 5.17. The summed E-state index contributed by atoms with van der Waals surface area (Å²) in [6, 6.07) is 0. The highest BCUT2D eigenvalue weighted by molar-refractivity contribution is 6.94.